The molecule has 134 valence electrons. The summed E-state index contributed by atoms with van der Waals surface area (Å²) in [7, 11) is 1.77. The van der Waals surface area contributed by atoms with Crippen LogP contribution in [0.1, 0.15) is 13.8 Å². The molecule has 0 N–H and O–H groups in total. The van der Waals surface area contributed by atoms with Gasteiger partial charge in [0.25, 0.3) is 0 Å². The molecule has 0 bridgehead atoms. The average molecular weight is 364 g/mol. The fourth-order valence-corrected chi connectivity index (χ4v) is 3.73. The van der Waals surface area contributed by atoms with Crippen molar-refractivity contribution in [3.05, 3.63) is 30.1 Å². The van der Waals surface area contributed by atoms with Crippen LogP contribution in [0.3, 0.4) is 0 Å². The van der Waals surface area contributed by atoms with Crippen LogP contribution in [0, 0.1) is 5.82 Å². The summed E-state index contributed by atoms with van der Waals surface area (Å²) in [5.41, 5.74) is 0.395. The minimum absolute atomic E-state index is 0.0418. The number of morpholine rings is 1. The number of halogens is 1. The van der Waals surface area contributed by atoms with Crippen LogP contribution >= 0.6 is 11.8 Å². The average Bonchev–Trinajstić information content (AvgIpc) is 2.93. The smallest absolute Gasteiger partial charge is 0.233 e. The lowest BCUT2D eigenvalue weighted by Gasteiger charge is -2.35. The first-order chi connectivity index (χ1) is 12.0. The van der Waals surface area contributed by atoms with Crippen LogP contribution in [0.15, 0.2) is 29.4 Å². The number of ether oxygens (including phenoxy) is 1. The molecule has 2 unspecified atom stereocenters. The van der Waals surface area contributed by atoms with Crippen LogP contribution in [0.25, 0.3) is 11.4 Å². The second-order valence-corrected chi connectivity index (χ2v) is 7.13. The minimum atomic E-state index is -0.345. The van der Waals surface area contributed by atoms with Gasteiger partial charge in [0.05, 0.1) is 23.5 Å². The summed E-state index contributed by atoms with van der Waals surface area (Å²) in [5.74, 6) is 0.411. The van der Waals surface area contributed by atoms with Gasteiger partial charge in [0, 0.05) is 20.1 Å². The van der Waals surface area contributed by atoms with Crippen molar-refractivity contribution in [3.8, 4) is 11.4 Å². The number of amides is 1. The Hall–Kier alpha value is -1.93. The topological polar surface area (TPSA) is 60.2 Å². The molecule has 3 rings (SSSR count). The Kier molecular flexibility index (Phi) is 5.39. The van der Waals surface area contributed by atoms with E-state index >= 15 is 0 Å². The van der Waals surface area contributed by atoms with Gasteiger partial charge >= 0.3 is 0 Å². The van der Waals surface area contributed by atoms with Crippen molar-refractivity contribution in [2.75, 3.05) is 18.8 Å². The standard InChI is InChI=1S/C17H21FN4O2S/c1-11-8-22(9-12(2)24-11)15(23)10-25-17-20-19-16(21(17)3)13-6-4-5-7-14(13)18/h4-7,11-12H,8-10H2,1-3H3. The van der Waals surface area contributed by atoms with E-state index < -0.39 is 0 Å². The van der Waals surface area contributed by atoms with Crippen molar-refractivity contribution in [1.82, 2.24) is 19.7 Å². The van der Waals surface area contributed by atoms with Gasteiger partial charge in [0.15, 0.2) is 11.0 Å². The second-order valence-electron chi connectivity index (χ2n) is 6.19. The van der Waals surface area contributed by atoms with Gasteiger partial charge in [0.2, 0.25) is 5.91 Å². The van der Waals surface area contributed by atoms with Crippen molar-refractivity contribution in [1.29, 1.82) is 0 Å². The summed E-state index contributed by atoms with van der Waals surface area (Å²) in [6.45, 7) is 5.13. The number of benzene rings is 1. The highest BCUT2D eigenvalue weighted by atomic mass is 32.2. The number of rotatable bonds is 4. The van der Waals surface area contributed by atoms with Crippen LogP contribution in [0.5, 0.6) is 0 Å². The molecule has 1 aromatic carbocycles. The van der Waals surface area contributed by atoms with Crippen LogP contribution < -0.4 is 0 Å². The molecule has 1 aliphatic rings. The molecule has 2 aromatic rings. The molecule has 1 aliphatic heterocycles. The number of carbonyl (C=O) groups is 1. The molecule has 8 heteroatoms. The summed E-state index contributed by atoms with van der Waals surface area (Å²) in [5, 5.41) is 8.75. The van der Waals surface area contributed by atoms with E-state index in [4.69, 9.17) is 4.74 Å². The van der Waals surface area contributed by atoms with E-state index in [-0.39, 0.29) is 29.7 Å². The van der Waals surface area contributed by atoms with E-state index in [9.17, 15) is 9.18 Å². The molecule has 0 saturated carbocycles. The van der Waals surface area contributed by atoms with E-state index in [1.165, 1.54) is 17.8 Å². The third-order valence-corrected chi connectivity index (χ3v) is 5.05. The third kappa shape index (κ3) is 4.01. The maximum atomic E-state index is 13.9. The normalized spacial score (nSPS) is 20.7. The number of nitrogens with zero attached hydrogens (tertiary/aromatic N) is 4. The first kappa shape index (κ1) is 17.9. The van der Waals surface area contributed by atoms with Crippen molar-refractivity contribution in [3.63, 3.8) is 0 Å². The molecule has 1 amide bonds. The molecular formula is C17H21FN4O2S. The number of hydrogen-bond acceptors (Lipinski definition) is 5. The Morgan fingerprint density at radius 1 is 1.28 bits per heavy atom. The fraction of sp³-hybridized carbons (Fsp3) is 0.471. The lowest BCUT2D eigenvalue weighted by molar-refractivity contribution is -0.140. The zero-order valence-electron chi connectivity index (χ0n) is 14.5. The van der Waals surface area contributed by atoms with E-state index in [1.54, 1.807) is 29.8 Å². The minimum Gasteiger partial charge on any atom is -0.372 e. The summed E-state index contributed by atoms with van der Waals surface area (Å²) >= 11 is 1.31. The summed E-state index contributed by atoms with van der Waals surface area (Å²) in [6.07, 6.45) is 0.0837. The number of thioether (sulfide) groups is 1. The van der Waals surface area contributed by atoms with Crippen molar-refractivity contribution < 1.29 is 13.9 Å². The maximum absolute atomic E-state index is 13.9. The van der Waals surface area contributed by atoms with Gasteiger partial charge in [0.1, 0.15) is 5.82 Å². The van der Waals surface area contributed by atoms with Gasteiger partial charge in [-0.15, -0.1) is 10.2 Å². The monoisotopic (exact) mass is 364 g/mol. The second kappa shape index (κ2) is 7.53. The lowest BCUT2D eigenvalue weighted by atomic mass is 10.2. The highest BCUT2D eigenvalue weighted by Gasteiger charge is 2.26. The SMILES string of the molecule is CC1CN(C(=O)CSc2nnc(-c3ccccc3F)n2C)CC(C)O1. The summed E-state index contributed by atoms with van der Waals surface area (Å²) in [4.78, 5) is 14.3. The van der Waals surface area contributed by atoms with E-state index in [1.807, 2.05) is 18.7 Å². The van der Waals surface area contributed by atoms with Crippen LogP contribution in [-0.4, -0.2) is 56.6 Å². The zero-order valence-corrected chi connectivity index (χ0v) is 15.3. The van der Waals surface area contributed by atoms with E-state index in [0.717, 1.165) is 0 Å². The molecule has 6 nitrogen and oxygen atoms in total. The first-order valence-electron chi connectivity index (χ1n) is 8.16. The molecule has 25 heavy (non-hydrogen) atoms. The molecule has 0 aliphatic carbocycles. The van der Waals surface area contributed by atoms with E-state index in [2.05, 4.69) is 10.2 Å². The summed E-state index contributed by atoms with van der Waals surface area (Å²) < 4.78 is 21.3. The quantitative estimate of drug-likeness (QED) is 0.780. The van der Waals surface area contributed by atoms with Crippen LogP contribution in [-0.2, 0) is 16.6 Å². The van der Waals surface area contributed by atoms with Crippen molar-refractivity contribution >= 4 is 17.7 Å². The van der Waals surface area contributed by atoms with Gasteiger partial charge in [-0.25, -0.2) is 4.39 Å². The van der Waals surface area contributed by atoms with Gasteiger partial charge in [-0.2, -0.15) is 0 Å². The van der Waals surface area contributed by atoms with Crippen LogP contribution in [0.2, 0.25) is 0 Å². The van der Waals surface area contributed by atoms with Gasteiger partial charge in [-0.1, -0.05) is 23.9 Å². The molecular weight excluding hydrogens is 343 g/mol. The Labute approximate surface area is 150 Å². The predicted molar refractivity (Wildman–Crippen MR) is 93.7 cm³/mol. The molecule has 0 spiro atoms. The first-order valence-corrected chi connectivity index (χ1v) is 9.14. The number of carbonyl (C=O) groups excluding carboxylic acids is 1. The number of hydrogen-bond donors (Lipinski definition) is 0. The predicted octanol–water partition coefficient (Wildman–Crippen LogP) is 2.35. The highest BCUT2D eigenvalue weighted by Crippen LogP contribution is 2.25. The highest BCUT2D eigenvalue weighted by molar-refractivity contribution is 7.99. The third-order valence-electron chi connectivity index (χ3n) is 4.05. The summed E-state index contributed by atoms with van der Waals surface area (Å²) in [6, 6.07) is 6.44. The van der Waals surface area contributed by atoms with Gasteiger partial charge in [-0.3, -0.25) is 4.79 Å². The Bertz CT molecular complexity index is 757. The Balaban J connectivity index is 1.66. The molecule has 2 atom stereocenters. The number of aromatic nitrogens is 3. The fourth-order valence-electron chi connectivity index (χ4n) is 2.92. The van der Waals surface area contributed by atoms with E-state index in [0.29, 0.717) is 29.6 Å². The van der Waals surface area contributed by atoms with Gasteiger partial charge < -0.3 is 14.2 Å². The Morgan fingerprint density at radius 2 is 1.96 bits per heavy atom. The maximum Gasteiger partial charge on any atom is 0.233 e. The largest absolute Gasteiger partial charge is 0.372 e. The van der Waals surface area contributed by atoms with Crippen LogP contribution in [0.4, 0.5) is 4.39 Å². The van der Waals surface area contributed by atoms with Crippen molar-refractivity contribution in [2.45, 2.75) is 31.2 Å². The van der Waals surface area contributed by atoms with Gasteiger partial charge in [-0.05, 0) is 26.0 Å². The molecule has 2 heterocycles. The molecule has 1 fully saturated rings. The lowest BCUT2D eigenvalue weighted by Crippen LogP contribution is -2.48. The van der Waals surface area contributed by atoms with Crippen molar-refractivity contribution in [2.24, 2.45) is 7.05 Å². The Morgan fingerprint density at radius 3 is 2.64 bits per heavy atom. The molecule has 1 saturated heterocycles. The molecule has 1 aromatic heterocycles. The molecule has 0 radical (unpaired) electrons. The zero-order chi connectivity index (χ0) is 18.0.